The Morgan fingerprint density at radius 2 is 1.43 bits per heavy atom. The van der Waals surface area contributed by atoms with Crippen molar-refractivity contribution in [2.24, 2.45) is 5.92 Å². The summed E-state index contributed by atoms with van der Waals surface area (Å²) >= 11 is 0. The van der Waals surface area contributed by atoms with Crippen LogP contribution in [-0.4, -0.2) is 84.3 Å². The van der Waals surface area contributed by atoms with Crippen molar-refractivity contribution in [1.29, 1.82) is 0 Å². The smallest absolute Gasteiger partial charge is 0.0594 e. The van der Waals surface area contributed by atoms with Gasteiger partial charge >= 0.3 is 0 Å². The van der Waals surface area contributed by atoms with Crippen LogP contribution in [0.2, 0.25) is 0 Å². The van der Waals surface area contributed by atoms with Crippen molar-refractivity contribution in [3.8, 4) is 0 Å². The molecule has 1 aliphatic carbocycles. The lowest BCUT2D eigenvalue weighted by atomic mass is 9.94. The highest BCUT2D eigenvalue weighted by molar-refractivity contribution is 5.01. The Labute approximate surface area is 143 Å². The van der Waals surface area contributed by atoms with E-state index in [-0.39, 0.29) is 0 Å². The molecule has 1 saturated carbocycles. The first-order valence-electron chi connectivity index (χ1n) is 9.59. The van der Waals surface area contributed by atoms with Crippen LogP contribution >= 0.6 is 0 Å². The molecular weight excluding hydrogens is 286 g/mol. The summed E-state index contributed by atoms with van der Waals surface area (Å²) in [6.07, 6.45) is 2.76. The summed E-state index contributed by atoms with van der Waals surface area (Å²) in [5, 5.41) is 0. The van der Waals surface area contributed by atoms with Crippen molar-refractivity contribution in [3.63, 3.8) is 0 Å². The van der Waals surface area contributed by atoms with Gasteiger partial charge in [0.05, 0.1) is 13.2 Å². The van der Waals surface area contributed by atoms with E-state index in [0.29, 0.717) is 11.1 Å². The SMILES string of the molecule is CC(C)(C)N1CCN(C2CC2CC(C)(C)N2CCOCC2)CC1. The minimum absolute atomic E-state index is 0.327. The van der Waals surface area contributed by atoms with Gasteiger partial charge in [-0.25, -0.2) is 0 Å². The molecule has 0 aromatic carbocycles. The first-order chi connectivity index (χ1) is 10.8. The lowest BCUT2D eigenvalue weighted by Crippen LogP contribution is -2.54. The Kier molecular flexibility index (Phi) is 5.09. The average molecular weight is 324 g/mol. The monoisotopic (exact) mass is 323 g/mol. The van der Waals surface area contributed by atoms with Crippen LogP contribution < -0.4 is 0 Å². The van der Waals surface area contributed by atoms with E-state index in [2.05, 4.69) is 49.3 Å². The number of rotatable bonds is 4. The number of nitrogens with zero attached hydrogens (tertiary/aromatic N) is 3. The van der Waals surface area contributed by atoms with Gasteiger partial charge in [-0.05, 0) is 53.4 Å². The molecule has 2 unspecified atom stereocenters. The number of hydrogen-bond donors (Lipinski definition) is 0. The number of ether oxygens (including phenoxy) is 1. The van der Waals surface area contributed by atoms with E-state index in [9.17, 15) is 0 Å². The molecule has 134 valence electrons. The highest BCUT2D eigenvalue weighted by Crippen LogP contribution is 2.43. The zero-order valence-electron chi connectivity index (χ0n) is 16.0. The van der Waals surface area contributed by atoms with Crippen molar-refractivity contribution in [3.05, 3.63) is 0 Å². The van der Waals surface area contributed by atoms with Gasteiger partial charge in [0.1, 0.15) is 0 Å². The Balaban J connectivity index is 1.45. The quantitative estimate of drug-likeness (QED) is 0.790. The summed E-state index contributed by atoms with van der Waals surface area (Å²) in [5.74, 6) is 0.911. The maximum absolute atomic E-state index is 5.51. The van der Waals surface area contributed by atoms with Crippen LogP contribution in [0.25, 0.3) is 0 Å². The summed E-state index contributed by atoms with van der Waals surface area (Å²) < 4.78 is 5.51. The molecule has 2 saturated heterocycles. The Hall–Kier alpha value is -0.160. The van der Waals surface area contributed by atoms with Crippen molar-refractivity contribution in [2.45, 2.75) is 64.6 Å². The predicted octanol–water partition coefficient (Wildman–Crippen LogP) is 2.29. The molecule has 3 fully saturated rings. The zero-order chi connectivity index (χ0) is 16.7. The minimum atomic E-state index is 0.327. The van der Waals surface area contributed by atoms with Crippen molar-refractivity contribution in [2.75, 3.05) is 52.5 Å². The van der Waals surface area contributed by atoms with Crippen LogP contribution in [-0.2, 0) is 4.74 Å². The van der Waals surface area contributed by atoms with E-state index in [1.165, 1.54) is 39.0 Å². The van der Waals surface area contributed by atoms with Crippen LogP contribution in [0.15, 0.2) is 0 Å². The van der Waals surface area contributed by atoms with Gasteiger partial charge in [0.2, 0.25) is 0 Å². The molecule has 0 amide bonds. The molecule has 0 radical (unpaired) electrons. The first kappa shape index (κ1) is 17.7. The fraction of sp³-hybridized carbons (Fsp3) is 1.00. The third kappa shape index (κ3) is 4.28. The molecular formula is C19H37N3O. The maximum Gasteiger partial charge on any atom is 0.0594 e. The van der Waals surface area contributed by atoms with Crippen LogP contribution in [0.3, 0.4) is 0 Å². The summed E-state index contributed by atoms with van der Waals surface area (Å²) in [6.45, 7) is 20.9. The third-order valence-corrected chi connectivity index (χ3v) is 6.25. The van der Waals surface area contributed by atoms with E-state index in [0.717, 1.165) is 38.3 Å². The van der Waals surface area contributed by atoms with Crippen molar-refractivity contribution < 1.29 is 4.74 Å². The Morgan fingerprint density at radius 1 is 0.826 bits per heavy atom. The highest BCUT2D eigenvalue weighted by atomic mass is 16.5. The molecule has 0 aromatic rings. The van der Waals surface area contributed by atoms with Crippen molar-refractivity contribution >= 4 is 0 Å². The summed E-state index contributed by atoms with van der Waals surface area (Å²) in [5.41, 5.74) is 0.657. The second-order valence-corrected chi connectivity index (χ2v) is 9.37. The van der Waals surface area contributed by atoms with Crippen LogP contribution in [0.1, 0.15) is 47.5 Å². The Morgan fingerprint density at radius 3 is 2.00 bits per heavy atom. The fourth-order valence-corrected chi connectivity index (χ4v) is 4.56. The molecule has 0 N–H and O–H groups in total. The molecule has 2 atom stereocenters. The van der Waals surface area contributed by atoms with Crippen molar-refractivity contribution in [1.82, 2.24) is 14.7 Å². The standard InChI is InChI=1S/C19H37N3O/c1-18(2,3)21-8-6-20(7-9-21)17-14-16(17)15-19(4,5)22-10-12-23-13-11-22/h16-17H,6-15H2,1-5H3. The van der Waals surface area contributed by atoms with Gasteiger partial charge in [-0.2, -0.15) is 0 Å². The molecule has 23 heavy (non-hydrogen) atoms. The summed E-state index contributed by atoms with van der Waals surface area (Å²) in [7, 11) is 0. The first-order valence-corrected chi connectivity index (χ1v) is 9.59. The van der Waals surface area contributed by atoms with E-state index in [1.54, 1.807) is 0 Å². The van der Waals surface area contributed by atoms with E-state index >= 15 is 0 Å². The summed E-state index contributed by atoms with van der Waals surface area (Å²) in [4.78, 5) is 8.05. The largest absolute Gasteiger partial charge is 0.379 e. The third-order valence-electron chi connectivity index (χ3n) is 6.25. The molecule has 4 heteroatoms. The highest BCUT2D eigenvalue weighted by Gasteiger charge is 2.46. The molecule has 2 aliphatic heterocycles. The van der Waals surface area contributed by atoms with Gasteiger partial charge in [-0.1, -0.05) is 0 Å². The van der Waals surface area contributed by atoms with Gasteiger partial charge < -0.3 is 4.74 Å². The molecule has 0 bridgehead atoms. The number of hydrogen-bond acceptors (Lipinski definition) is 4. The molecule has 3 aliphatic rings. The average Bonchev–Trinajstić information content (AvgIpc) is 3.26. The second kappa shape index (κ2) is 6.62. The van der Waals surface area contributed by atoms with Crippen LogP contribution in [0.4, 0.5) is 0 Å². The summed E-state index contributed by atoms with van der Waals surface area (Å²) in [6, 6.07) is 0.859. The Bertz CT molecular complexity index is 390. The molecule has 3 rings (SSSR count). The molecule has 4 nitrogen and oxygen atoms in total. The fourth-order valence-electron chi connectivity index (χ4n) is 4.56. The van der Waals surface area contributed by atoms with E-state index < -0.39 is 0 Å². The van der Waals surface area contributed by atoms with Gasteiger partial charge in [0, 0.05) is 56.4 Å². The molecule has 0 aromatic heterocycles. The molecule has 2 heterocycles. The lowest BCUT2D eigenvalue weighted by Gasteiger charge is -2.43. The van der Waals surface area contributed by atoms with Gasteiger partial charge in [0.15, 0.2) is 0 Å². The normalized spacial score (nSPS) is 32.2. The maximum atomic E-state index is 5.51. The van der Waals surface area contributed by atoms with Crippen LogP contribution in [0.5, 0.6) is 0 Å². The van der Waals surface area contributed by atoms with E-state index in [1.807, 2.05) is 0 Å². The predicted molar refractivity (Wildman–Crippen MR) is 95.9 cm³/mol. The number of piperazine rings is 1. The van der Waals surface area contributed by atoms with Gasteiger partial charge in [0.25, 0.3) is 0 Å². The van der Waals surface area contributed by atoms with Gasteiger partial charge in [-0.3, -0.25) is 14.7 Å². The minimum Gasteiger partial charge on any atom is -0.379 e. The molecule has 0 spiro atoms. The van der Waals surface area contributed by atoms with Gasteiger partial charge in [-0.15, -0.1) is 0 Å². The lowest BCUT2D eigenvalue weighted by molar-refractivity contribution is -0.0159. The topological polar surface area (TPSA) is 19.0 Å². The number of morpholine rings is 1. The second-order valence-electron chi connectivity index (χ2n) is 9.37. The van der Waals surface area contributed by atoms with Crippen LogP contribution in [0, 0.1) is 5.92 Å². The zero-order valence-corrected chi connectivity index (χ0v) is 16.0. The van der Waals surface area contributed by atoms with E-state index in [4.69, 9.17) is 4.74 Å².